The average Bonchev–Trinajstić information content (AvgIpc) is 3.09. The number of amides is 1. The van der Waals surface area contributed by atoms with E-state index in [1.54, 1.807) is 0 Å². The van der Waals surface area contributed by atoms with Gasteiger partial charge in [-0.2, -0.15) is 0 Å². The first-order valence-corrected chi connectivity index (χ1v) is 9.61. The fraction of sp³-hybridized carbons (Fsp3) is 0.667. The third-order valence-corrected chi connectivity index (χ3v) is 5.71. The number of nitrogens with zero attached hydrogens (tertiary/aromatic N) is 1. The van der Waals surface area contributed by atoms with Crippen LogP contribution >= 0.6 is 0 Å². The van der Waals surface area contributed by atoms with Gasteiger partial charge in [-0.3, -0.25) is 4.90 Å². The molecular weight excluding hydrogens is 312 g/mol. The lowest BCUT2D eigenvalue weighted by Crippen LogP contribution is -2.37. The molecule has 1 amide bonds. The maximum atomic E-state index is 12.6. The molecule has 25 heavy (non-hydrogen) atoms. The van der Waals surface area contributed by atoms with Gasteiger partial charge in [-0.05, 0) is 63.0 Å². The van der Waals surface area contributed by atoms with Gasteiger partial charge in [-0.15, -0.1) is 0 Å². The van der Waals surface area contributed by atoms with Crippen molar-refractivity contribution in [3.05, 3.63) is 29.3 Å². The van der Waals surface area contributed by atoms with Gasteiger partial charge >= 0.3 is 6.09 Å². The molecule has 0 spiro atoms. The summed E-state index contributed by atoms with van der Waals surface area (Å²) >= 11 is 0. The van der Waals surface area contributed by atoms with Gasteiger partial charge in [0.15, 0.2) is 0 Å². The predicted octanol–water partition coefficient (Wildman–Crippen LogP) is 4.51. The second-order valence-electron chi connectivity index (χ2n) is 8.71. The van der Waals surface area contributed by atoms with Crippen LogP contribution in [0.3, 0.4) is 0 Å². The first-order valence-electron chi connectivity index (χ1n) is 9.61. The van der Waals surface area contributed by atoms with E-state index in [-0.39, 0.29) is 6.09 Å². The number of anilines is 1. The molecule has 0 radical (unpaired) electrons. The summed E-state index contributed by atoms with van der Waals surface area (Å²) in [6, 6.07) is 6.94. The van der Waals surface area contributed by atoms with Gasteiger partial charge in [0.2, 0.25) is 0 Å². The Bertz CT molecular complexity index is 635. The van der Waals surface area contributed by atoms with Gasteiger partial charge in [-0.25, -0.2) is 4.79 Å². The molecule has 0 aromatic heterocycles. The molecule has 4 heteroatoms. The topological polar surface area (TPSA) is 41.6 Å². The van der Waals surface area contributed by atoms with Crippen LogP contribution in [0, 0.1) is 11.8 Å². The number of carbonyl (C=O) groups excluding carboxylic acids is 1. The van der Waals surface area contributed by atoms with Gasteiger partial charge in [-0.1, -0.05) is 32.0 Å². The first-order chi connectivity index (χ1) is 11.8. The second kappa shape index (κ2) is 6.99. The summed E-state index contributed by atoms with van der Waals surface area (Å²) in [5.74, 6) is 1.50. The van der Waals surface area contributed by atoms with Crippen LogP contribution in [-0.2, 0) is 17.7 Å². The summed E-state index contributed by atoms with van der Waals surface area (Å²) in [5, 5.41) is 3.74. The summed E-state index contributed by atoms with van der Waals surface area (Å²) in [7, 11) is 0. The Balaban J connectivity index is 1.74. The monoisotopic (exact) mass is 344 g/mol. The van der Waals surface area contributed by atoms with Crippen LogP contribution in [-0.4, -0.2) is 24.3 Å². The van der Waals surface area contributed by atoms with Gasteiger partial charge in [0.05, 0.1) is 5.69 Å². The van der Waals surface area contributed by atoms with Crippen LogP contribution in [0.2, 0.25) is 0 Å². The smallest absolute Gasteiger partial charge is 0.414 e. The van der Waals surface area contributed by atoms with Crippen molar-refractivity contribution < 1.29 is 9.53 Å². The molecule has 1 aromatic rings. The Morgan fingerprint density at radius 3 is 2.68 bits per heavy atom. The lowest BCUT2D eigenvalue weighted by atomic mass is 9.97. The summed E-state index contributed by atoms with van der Waals surface area (Å²) in [5.41, 5.74) is 3.04. The van der Waals surface area contributed by atoms with E-state index < -0.39 is 5.60 Å². The molecule has 138 valence electrons. The molecule has 1 aromatic carbocycles. The first kappa shape index (κ1) is 18.2. The Hall–Kier alpha value is -1.55. The molecular formula is C21H32N2O2. The van der Waals surface area contributed by atoms with Crippen molar-refractivity contribution >= 4 is 11.8 Å². The van der Waals surface area contributed by atoms with E-state index >= 15 is 0 Å². The number of para-hydroxylation sites is 1. The van der Waals surface area contributed by atoms with Crippen molar-refractivity contribution in [2.75, 3.05) is 11.4 Å². The molecule has 3 rings (SSSR count). The van der Waals surface area contributed by atoms with E-state index in [1.165, 1.54) is 24.0 Å². The maximum Gasteiger partial charge on any atom is 0.414 e. The number of hydrogen-bond donors (Lipinski definition) is 1. The third-order valence-electron chi connectivity index (χ3n) is 5.71. The van der Waals surface area contributed by atoms with Crippen molar-refractivity contribution in [3.8, 4) is 0 Å². The molecule has 1 heterocycles. The molecule has 1 aliphatic carbocycles. The molecule has 0 bridgehead atoms. The zero-order chi connectivity index (χ0) is 18.2. The Labute approximate surface area is 151 Å². The number of ether oxygens (including phenoxy) is 1. The minimum atomic E-state index is -0.470. The lowest BCUT2D eigenvalue weighted by Gasteiger charge is -2.26. The van der Waals surface area contributed by atoms with Gasteiger partial charge < -0.3 is 10.1 Å². The summed E-state index contributed by atoms with van der Waals surface area (Å²) in [6.07, 6.45) is 3.21. The SMILES string of the molecule is CC1CCC(NCc2cccc3c2N(C(=O)OC(C)(C)C)CC3)C1C. The number of carbonyl (C=O) groups is 1. The van der Waals surface area contributed by atoms with Crippen LogP contribution in [0.4, 0.5) is 10.5 Å². The quantitative estimate of drug-likeness (QED) is 0.877. The standard InChI is InChI=1S/C21H32N2O2/c1-14-9-10-18(15(14)2)22-13-17-8-6-7-16-11-12-23(19(16)17)20(24)25-21(3,4)5/h6-8,14-15,18,22H,9-13H2,1-5H3. The van der Waals surface area contributed by atoms with Crippen LogP contribution in [0.25, 0.3) is 0 Å². The fourth-order valence-corrected chi connectivity index (χ4v) is 4.07. The van der Waals surface area contributed by atoms with Crippen molar-refractivity contribution in [2.24, 2.45) is 11.8 Å². The highest BCUT2D eigenvalue weighted by molar-refractivity contribution is 5.91. The largest absolute Gasteiger partial charge is 0.443 e. The highest BCUT2D eigenvalue weighted by Crippen LogP contribution is 2.35. The zero-order valence-electron chi connectivity index (χ0n) is 16.3. The number of nitrogens with one attached hydrogen (secondary N) is 1. The van der Waals surface area contributed by atoms with E-state index in [4.69, 9.17) is 4.74 Å². The molecule has 1 aliphatic heterocycles. The van der Waals surface area contributed by atoms with Gasteiger partial charge in [0.25, 0.3) is 0 Å². The molecule has 3 atom stereocenters. The Morgan fingerprint density at radius 2 is 2.04 bits per heavy atom. The average molecular weight is 344 g/mol. The van der Waals surface area contributed by atoms with Gasteiger partial charge in [0, 0.05) is 19.1 Å². The van der Waals surface area contributed by atoms with Crippen LogP contribution in [0.1, 0.15) is 58.6 Å². The molecule has 1 fully saturated rings. The minimum absolute atomic E-state index is 0.235. The molecule has 4 nitrogen and oxygen atoms in total. The Kier molecular flexibility index (Phi) is 5.10. The molecule has 3 unspecified atom stereocenters. The zero-order valence-corrected chi connectivity index (χ0v) is 16.3. The minimum Gasteiger partial charge on any atom is -0.443 e. The summed E-state index contributed by atoms with van der Waals surface area (Å²) < 4.78 is 5.61. The second-order valence-corrected chi connectivity index (χ2v) is 8.71. The van der Waals surface area contributed by atoms with E-state index in [0.29, 0.717) is 18.5 Å². The highest BCUT2D eigenvalue weighted by atomic mass is 16.6. The number of benzene rings is 1. The van der Waals surface area contributed by atoms with Gasteiger partial charge in [0.1, 0.15) is 5.60 Å². The van der Waals surface area contributed by atoms with Crippen molar-refractivity contribution in [1.29, 1.82) is 0 Å². The van der Waals surface area contributed by atoms with E-state index in [9.17, 15) is 4.79 Å². The van der Waals surface area contributed by atoms with Crippen LogP contribution in [0.5, 0.6) is 0 Å². The predicted molar refractivity (Wildman–Crippen MR) is 102 cm³/mol. The molecule has 0 saturated heterocycles. The van der Waals surface area contributed by atoms with E-state index in [0.717, 1.165) is 24.6 Å². The van der Waals surface area contributed by atoms with Crippen LogP contribution in [0.15, 0.2) is 18.2 Å². The maximum absolute atomic E-state index is 12.6. The third kappa shape index (κ3) is 4.00. The normalized spacial score (nSPS) is 26.0. The molecule has 1 N–H and O–H groups in total. The van der Waals surface area contributed by atoms with Crippen LogP contribution < -0.4 is 10.2 Å². The lowest BCUT2D eigenvalue weighted by molar-refractivity contribution is 0.0583. The molecule has 1 saturated carbocycles. The summed E-state index contributed by atoms with van der Waals surface area (Å²) in [4.78, 5) is 14.4. The number of hydrogen-bond acceptors (Lipinski definition) is 3. The summed E-state index contributed by atoms with van der Waals surface area (Å²) in [6.45, 7) is 11.9. The van der Waals surface area contributed by atoms with E-state index in [2.05, 4.69) is 37.4 Å². The van der Waals surface area contributed by atoms with Crippen molar-refractivity contribution in [3.63, 3.8) is 0 Å². The Morgan fingerprint density at radius 1 is 1.28 bits per heavy atom. The molecule has 2 aliphatic rings. The van der Waals surface area contributed by atoms with Crippen molar-refractivity contribution in [2.45, 2.75) is 72.1 Å². The number of rotatable bonds is 3. The van der Waals surface area contributed by atoms with Crippen molar-refractivity contribution in [1.82, 2.24) is 5.32 Å². The van der Waals surface area contributed by atoms with E-state index in [1.807, 2.05) is 25.7 Å². The highest BCUT2D eigenvalue weighted by Gasteiger charge is 2.32. The fourth-order valence-electron chi connectivity index (χ4n) is 4.07. The number of fused-ring (bicyclic) bond motifs is 1.